The van der Waals surface area contributed by atoms with E-state index in [1.54, 1.807) is 13.0 Å². The number of aliphatic hydroxyl groups is 1. The van der Waals surface area contributed by atoms with Crippen LogP contribution in [0.25, 0.3) is 0 Å². The predicted octanol–water partition coefficient (Wildman–Crippen LogP) is 1.30. The molecule has 2 N–H and O–H groups in total. The van der Waals surface area contributed by atoms with E-state index in [9.17, 15) is 13.2 Å². The first-order chi connectivity index (χ1) is 9.79. The van der Waals surface area contributed by atoms with Gasteiger partial charge < -0.3 is 9.84 Å². The number of benzene rings is 1. The maximum atomic E-state index is 12.5. The zero-order chi connectivity index (χ0) is 16.1. The first-order valence-electron chi connectivity index (χ1n) is 6.62. The van der Waals surface area contributed by atoms with Crippen molar-refractivity contribution in [3.8, 4) is 0 Å². The highest BCUT2D eigenvalue weighted by Crippen LogP contribution is 2.22. The van der Waals surface area contributed by atoms with Gasteiger partial charge in [-0.15, -0.1) is 0 Å². The lowest BCUT2D eigenvalue weighted by atomic mass is 9.97. The maximum absolute atomic E-state index is 12.5. The number of hydrogen-bond donors (Lipinski definition) is 2. The average molecular weight is 315 g/mol. The molecule has 1 atom stereocenters. The Morgan fingerprint density at radius 3 is 2.52 bits per heavy atom. The second kappa shape index (κ2) is 7.02. The van der Waals surface area contributed by atoms with Gasteiger partial charge in [0.25, 0.3) is 0 Å². The number of carbonyl (C=O) groups is 1. The fourth-order valence-corrected chi connectivity index (χ4v) is 3.61. The maximum Gasteiger partial charge on any atom is 0.339 e. The highest BCUT2D eigenvalue weighted by molar-refractivity contribution is 7.89. The zero-order valence-electron chi connectivity index (χ0n) is 12.4. The van der Waals surface area contributed by atoms with E-state index in [4.69, 9.17) is 5.11 Å². The third kappa shape index (κ3) is 4.26. The van der Waals surface area contributed by atoms with Crippen molar-refractivity contribution < 1.29 is 23.1 Å². The molecule has 0 aliphatic rings. The number of esters is 1. The van der Waals surface area contributed by atoms with Gasteiger partial charge in [0.05, 0.1) is 17.6 Å². The van der Waals surface area contributed by atoms with E-state index in [0.29, 0.717) is 6.42 Å². The summed E-state index contributed by atoms with van der Waals surface area (Å²) in [6.45, 7) is 3.40. The standard InChI is InChI=1S/C14H21NO5S/c1-4-14(2,9-10-16)15-21(18,19)12-8-6-5-7-11(12)13(17)20-3/h5-8,15-16H,4,9-10H2,1-3H3. The number of ether oxygens (including phenoxy) is 1. The van der Waals surface area contributed by atoms with Gasteiger partial charge in [0.1, 0.15) is 0 Å². The summed E-state index contributed by atoms with van der Waals surface area (Å²) in [7, 11) is -2.70. The van der Waals surface area contributed by atoms with Crippen molar-refractivity contribution in [1.82, 2.24) is 4.72 Å². The van der Waals surface area contributed by atoms with Crippen molar-refractivity contribution in [2.24, 2.45) is 0 Å². The van der Waals surface area contributed by atoms with Crippen molar-refractivity contribution in [2.45, 2.75) is 37.1 Å². The van der Waals surface area contributed by atoms with Crippen molar-refractivity contribution >= 4 is 16.0 Å². The molecule has 0 radical (unpaired) electrons. The zero-order valence-corrected chi connectivity index (χ0v) is 13.2. The monoisotopic (exact) mass is 315 g/mol. The van der Waals surface area contributed by atoms with Gasteiger partial charge >= 0.3 is 5.97 Å². The van der Waals surface area contributed by atoms with Gasteiger partial charge in [-0.25, -0.2) is 17.9 Å². The van der Waals surface area contributed by atoms with Crippen molar-refractivity contribution in [2.75, 3.05) is 13.7 Å². The molecule has 0 bridgehead atoms. The molecule has 0 aromatic heterocycles. The van der Waals surface area contributed by atoms with Crippen LogP contribution in [0.2, 0.25) is 0 Å². The van der Waals surface area contributed by atoms with Crippen molar-refractivity contribution in [3.05, 3.63) is 29.8 Å². The summed E-state index contributed by atoms with van der Waals surface area (Å²) in [5.41, 5.74) is -0.800. The van der Waals surface area contributed by atoms with E-state index in [1.807, 2.05) is 6.92 Å². The van der Waals surface area contributed by atoms with Gasteiger partial charge in [0.2, 0.25) is 10.0 Å². The Balaban J connectivity index is 3.23. The minimum Gasteiger partial charge on any atom is -0.465 e. The molecule has 118 valence electrons. The summed E-state index contributed by atoms with van der Waals surface area (Å²) in [5, 5.41) is 9.07. The summed E-state index contributed by atoms with van der Waals surface area (Å²) in [5.74, 6) is -0.712. The minimum atomic E-state index is -3.90. The molecule has 7 heteroatoms. The number of sulfonamides is 1. The Bertz CT molecular complexity index is 599. The molecular weight excluding hydrogens is 294 g/mol. The van der Waals surface area contributed by atoms with Gasteiger partial charge in [0.15, 0.2) is 0 Å². The summed E-state index contributed by atoms with van der Waals surface area (Å²) in [4.78, 5) is 11.6. The van der Waals surface area contributed by atoms with E-state index in [-0.39, 0.29) is 23.5 Å². The van der Waals surface area contributed by atoms with Crippen LogP contribution in [0, 0.1) is 0 Å². The van der Waals surface area contributed by atoms with E-state index in [2.05, 4.69) is 9.46 Å². The SMILES string of the molecule is CCC(C)(CCO)NS(=O)(=O)c1ccccc1C(=O)OC. The molecule has 0 fully saturated rings. The molecule has 1 unspecified atom stereocenters. The molecule has 21 heavy (non-hydrogen) atoms. The molecule has 0 aliphatic heterocycles. The molecule has 6 nitrogen and oxygen atoms in total. The normalized spacial score (nSPS) is 14.5. The van der Waals surface area contributed by atoms with Gasteiger partial charge in [-0.1, -0.05) is 19.1 Å². The first kappa shape index (κ1) is 17.6. The van der Waals surface area contributed by atoms with Gasteiger partial charge in [-0.3, -0.25) is 0 Å². The molecule has 0 heterocycles. The fourth-order valence-electron chi connectivity index (χ4n) is 1.91. The first-order valence-corrected chi connectivity index (χ1v) is 8.10. The van der Waals surface area contributed by atoms with E-state index in [1.165, 1.54) is 25.3 Å². The summed E-state index contributed by atoms with van der Waals surface area (Å²) in [6.07, 6.45) is 0.788. The molecule has 0 amide bonds. The molecule has 0 aliphatic carbocycles. The lowest BCUT2D eigenvalue weighted by molar-refractivity contribution is 0.0596. The summed E-state index contributed by atoms with van der Waals surface area (Å²) >= 11 is 0. The number of nitrogens with one attached hydrogen (secondary N) is 1. The van der Waals surface area contributed by atoms with Crippen LogP contribution in [-0.4, -0.2) is 38.7 Å². The van der Waals surface area contributed by atoms with Crippen LogP contribution >= 0.6 is 0 Å². The highest BCUT2D eigenvalue weighted by Gasteiger charge is 2.31. The predicted molar refractivity (Wildman–Crippen MR) is 78.5 cm³/mol. The molecule has 1 rings (SSSR count). The number of aliphatic hydroxyl groups excluding tert-OH is 1. The summed E-state index contributed by atoms with van der Waals surface area (Å²) < 4.78 is 32.2. The second-order valence-corrected chi connectivity index (χ2v) is 6.63. The smallest absolute Gasteiger partial charge is 0.339 e. The largest absolute Gasteiger partial charge is 0.465 e. The van der Waals surface area contributed by atoms with E-state index < -0.39 is 21.5 Å². The number of methoxy groups -OCH3 is 1. The van der Waals surface area contributed by atoms with Crippen LogP contribution in [-0.2, 0) is 14.8 Å². The lowest BCUT2D eigenvalue weighted by Gasteiger charge is -2.28. The Hall–Kier alpha value is -1.44. The number of carbonyl (C=O) groups excluding carboxylic acids is 1. The second-order valence-electron chi connectivity index (χ2n) is 4.98. The van der Waals surface area contributed by atoms with Crippen LogP contribution in [0.5, 0.6) is 0 Å². The average Bonchev–Trinajstić information content (AvgIpc) is 2.46. The Morgan fingerprint density at radius 1 is 1.38 bits per heavy atom. The molecule has 1 aromatic carbocycles. The van der Waals surface area contributed by atoms with Crippen LogP contribution in [0.15, 0.2) is 29.2 Å². The number of hydrogen-bond acceptors (Lipinski definition) is 5. The summed E-state index contributed by atoms with van der Waals surface area (Å²) in [6, 6.07) is 5.85. The topological polar surface area (TPSA) is 92.7 Å². The molecule has 0 spiro atoms. The van der Waals surface area contributed by atoms with Crippen LogP contribution in [0.1, 0.15) is 37.0 Å². The quantitative estimate of drug-likeness (QED) is 0.740. The molecule has 0 saturated carbocycles. The fraction of sp³-hybridized carbons (Fsp3) is 0.500. The highest BCUT2D eigenvalue weighted by atomic mass is 32.2. The van der Waals surface area contributed by atoms with Crippen molar-refractivity contribution in [3.63, 3.8) is 0 Å². The van der Waals surface area contributed by atoms with Crippen molar-refractivity contribution in [1.29, 1.82) is 0 Å². The molecule has 0 saturated heterocycles. The Morgan fingerprint density at radius 2 is 2.00 bits per heavy atom. The van der Waals surface area contributed by atoms with Gasteiger partial charge in [0, 0.05) is 12.1 Å². The van der Waals surface area contributed by atoms with Gasteiger partial charge in [-0.2, -0.15) is 0 Å². The third-order valence-corrected chi connectivity index (χ3v) is 5.10. The minimum absolute atomic E-state index is 0.0186. The van der Waals surface area contributed by atoms with E-state index >= 15 is 0 Å². The number of rotatable bonds is 7. The van der Waals surface area contributed by atoms with E-state index in [0.717, 1.165) is 0 Å². The van der Waals surface area contributed by atoms with Crippen LogP contribution in [0.4, 0.5) is 0 Å². The lowest BCUT2D eigenvalue weighted by Crippen LogP contribution is -2.46. The van der Waals surface area contributed by atoms with Crippen LogP contribution < -0.4 is 4.72 Å². The third-order valence-electron chi connectivity index (χ3n) is 3.41. The molecule has 1 aromatic rings. The van der Waals surface area contributed by atoms with Crippen LogP contribution in [0.3, 0.4) is 0 Å². The van der Waals surface area contributed by atoms with Gasteiger partial charge in [-0.05, 0) is 31.9 Å². The Kier molecular flexibility index (Phi) is 5.88. The molecular formula is C14H21NO5S. The Labute approximate surface area is 125 Å².